The fourth-order valence-corrected chi connectivity index (χ4v) is 5.23. The molecule has 1 aromatic heterocycles. The fourth-order valence-electron chi connectivity index (χ4n) is 5.23. The summed E-state index contributed by atoms with van der Waals surface area (Å²) in [6.45, 7) is 0.173. The van der Waals surface area contributed by atoms with E-state index in [1.807, 2.05) is 10.7 Å². The average molecular weight is 332 g/mol. The maximum atomic E-state index is 12.5. The van der Waals surface area contributed by atoms with Gasteiger partial charge in [0, 0.05) is 24.6 Å². The summed E-state index contributed by atoms with van der Waals surface area (Å²) < 4.78 is 1.98. The van der Waals surface area contributed by atoms with Crippen LogP contribution in [0.15, 0.2) is 12.3 Å². The van der Waals surface area contributed by atoms with Gasteiger partial charge in [0.15, 0.2) is 0 Å². The molecular formula is C18H28N4O2. The van der Waals surface area contributed by atoms with Gasteiger partial charge < -0.3 is 10.4 Å². The molecule has 0 aliphatic heterocycles. The molecule has 3 fully saturated rings. The summed E-state index contributed by atoms with van der Waals surface area (Å²) in [6.07, 6.45) is 11.3. The van der Waals surface area contributed by atoms with E-state index >= 15 is 0 Å². The summed E-state index contributed by atoms with van der Waals surface area (Å²) >= 11 is 0. The number of urea groups is 1. The molecule has 4 atom stereocenters. The molecule has 132 valence electrons. The molecule has 0 spiro atoms. The third kappa shape index (κ3) is 2.92. The summed E-state index contributed by atoms with van der Waals surface area (Å²) in [6, 6.07) is 2.22. The summed E-state index contributed by atoms with van der Waals surface area (Å²) in [5.74, 6) is 2.11. The highest BCUT2D eigenvalue weighted by atomic mass is 16.3. The van der Waals surface area contributed by atoms with E-state index in [0.29, 0.717) is 17.9 Å². The highest BCUT2D eigenvalue weighted by Crippen LogP contribution is 2.48. The zero-order chi connectivity index (χ0) is 16.5. The highest BCUT2D eigenvalue weighted by molar-refractivity contribution is 5.88. The van der Waals surface area contributed by atoms with Gasteiger partial charge in [0.1, 0.15) is 5.82 Å². The van der Waals surface area contributed by atoms with Crippen LogP contribution in [0.4, 0.5) is 10.6 Å². The number of carbonyl (C=O) groups is 1. The summed E-state index contributed by atoms with van der Waals surface area (Å²) in [5, 5.41) is 20.2. The molecule has 2 amide bonds. The Balaban J connectivity index is 1.39. The zero-order valence-corrected chi connectivity index (χ0v) is 14.2. The number of rotatable bonds is 4. The monoisotopic (exact) mass is 332 g/mol. The Hall–Kier alpha value is -1.56. The van der Waals surface area contributed by atoms with Crippen LogP contribution in [0, 0.1) is 17.8 Å². The second kappa shape index (κ2) is 6.75. The van der Waals surface area contributed by atoms with Crippen LogP contribution in [-0.2, 0) is 0 Å². The van der Waals surface area contributed by atoms with Crippen LogP contribution in [0.1, 0.15) is 57.4 Å². The summed E-state index contributed by atoms with van der Waals surface area (Å²) in [7, 11) is 0. The first-order valence-corrected chi connectivity index (χ1v) is 9.48. The van der Waals surface area contributed by atoms with E-state index in [2.05, 4.69) is 15.7 Å². The molecule has 6 nitrogen and oxygen atoms in total. The van der Waals surface area contributed by atoms with E-state index in [1.54, 1.807) is 6.20 Å². The van der Waals surface area contributed by atoms with E-state index in [4.69, 9.17) is 0 Å². The van der Waals surface area contributed by atoms with Crippen molar-refractivity contribution in [3.63, 3.8) is 0 Å². The van der Waals surface area contributed by atoms with E-state index < -0.39 is 0 Å². The van der Waals surface area contributed by atoms with Gasteiger partial charge in [-0.05, 0) is 43.9 Å². The Bertz CT molecular complexity index is 581. The molecule has 0 radical (unpaired) electrons. The lowest BCUT2D eigenvalue weighted by molar-refractivity contribution is 0.146. The SMILES string of the molecule is O=C(Nc1ccnn1C1CCCCC1)NC1C2CCC(C2)C1CO. The van der Waals surface area contributed by atoms with Crippen LogP contribution >= 0.6 is 0 Å². The Morgan fingerprint density at radius 2 is 2.00 bits per heavy atom. The van der Waals surface area contributed by atoms with Crippen LogP contribution in [-0.4, -0.2) is 33.6 Å². The number of amides is 2. The number of hydrogen-bond donors (Lipinski definition) is 3. The lowest BCUT2D eigenvalue weighted by atomic mass is 9.85. The third-order valence-electron chi connectivity index (χ3n) is 6.43. The smallest absolute Gasteiger partial charge is 0.320 e. The number of hydrogen-bond acceptors (Lipinski definition) is 3. The second-order valence-corrected chi connectivity index (χ2v) is 7.76. The van der Waals surface area contributed by atoms with Gasteiger partial charge >= 0.3 is 6.03 Å². The van der Waals surface area contributed by atoms with Crippen molar-refractivity contribution in [1.29, 1.82) is 0 Å². The van der Waals surface area contributed by atoms with Gasteiger partial charge in [0.25, 0.3) is 0 Å². The van der Waals surface area contributed by atoms with Gasteiger partial charge in [0.05, 0.1) is 12.2 Å². The summed E-state index contributed by atoms with van der Waals surface area (Å²) in [4.78, 5) is 12.5. The van der Waals surface area contributed by atoms with Gasteiger partial charge in [-0.1, -0.05) is 19.3 Å². The molecular weight excluding hydrogens is 304 g/mol. The molecule has 4 unspecified atom stereocenters. The van der Waals surface area contributed by atoms with Crippen molar-refractivity contribution in [3.8, 4) is 0 Å². The van der Waals surface area contributed by atoms with Crippen molar-refractivity contribution in [2.75, 3.05) is 11.9 Å². The molecule has 6 heteroatoms. The van der Waals surface area contributed by atoms with E-state index in [9.17, 15) is 9.90 Å². The van der Waals surface area contributed by atoms with Crippen LogP contribution in [0.3, 0.4) is 0 Å². The van der Waals surface area contributed by atoms with E-state index in [-0.39, 0.29) is 24.6 Å². The minimum absolute atomic E-state index is 0.111. The number of fused-ring (bicyclic) bond motifs is 2. The van der Waals surface area contributed by atoms with Crippen LogP contribution in [0.5, 0.6) is 0 Å². The topological polar surface area (TPSA) is 79.2 Å². The van der Waals surface area contributed by atoms with Crippen molar-refractivity contribution >= 4 is 11.8 Å². The molecule has 0 saturated heterocycles. The van der Waals surface area contributed by atoms with Gasteiger partial charge in [-0.25, -0.2) is 9.48 Å². The Morgan fingerprint density at radius 3 is 2.79 bits per heavy atom. The Labute approximate surface area is 143 Å². The number of nitrogens with one attached hydrogen (secondary N) is 2. The lowest BCUT2D eigenvalue weighted by Gasteiger charge is -2.30. The Morgan fingerprint density at radius 1 is 1.21 bits per heavy atom. The molecule has 1 heterocycles. The minimum atomic E-state index is -0.163. The van der Waals surface area contributed by atoms with Gasteiger partial charge in [-0.2, -0.15) is 5.10 Å². The van der Waals surface area contributed by atoms with Crippen LogP contribution in [0.25, 0.3) is 0 Å². The number of anilines is 1. The lowest BCUT2D eigenvalue weighted by Crippen LogP contribution is -2.47. The largest absolute Gasteiger partial charge is 0.396 e. The molecule has 24 heavy (non-hydrogen) atoms. The molecule has 3 saturated carbocycles. The molecule has 3 aliphatic rings. The van der Waals surface area contributed by atoms with Crippen LogP contribution < -0.4 is 10.6 Å². The van der Waals surface area contributed by atoms with Gasteiger partial charge in [-0.15, -0.1) is 0 Å². The normalized spacial score (nSPS) is 32.9. The van der Waals surface area contributed by atoms with E-state index in [1.165, 1.54) is 32.1 Å². The molecule has 3 aliphatic carbocycles. The number of aromatic nitrogens is 2. The quantitative estimate of drug-likeness (QED) is 0.793. The first kappa shape index (κ1) is 15.9. The molecule has 1 aromatic rings. The number of nitrogens with zero attached hydrogens (tertiary/aromatic N) is 2. The maximum Gasteiger partial charge on any atom is 0.320 e. The fraction of sp³-hybridized carbons (Fsp3) is 0.778. The van der Waals surface area contributed by atoms with Crippen molar-refractivity contribution < 1.29 is 9.90 Å². The van der Waals surface area contributed by atoms with Crippen molar-refractivity contribution in [1.82, 2.24) is 15.1 Å². The zero-order valence-electron chi connectivity index (χ0n) is 14.2. The van der Waals surface area contributed by atoms with Crippen molar-refractivity contribution in [3.05, 3.63) is 12.3 Å². The number of carbonyl (C=O) groups excluding carboxylic acids is 1. The van der Waals surface area contributed by atoms with Gasteiger partial charge in [0.2, 0.25) is 0 Å². The second-order valence-electron chi connectivity index (χ2n) is 7.76. The molecule has 4 rings (SSSR count). The standard InChI is InChI=1S/C18H28N4O2/c23-11-15-12-6-7-13(10-12)17(15)21-18(24)20-16-8-9-19-22(16)14-4-2-1-3-5-14/h8-9,12-15,17,23H,1-7,10-11H2,(H2,20,21,24). The predicted octanol–water partition coefficient (Wildman–Crippen LogP) is 2.92. The van der Waals surface area contributed by atoms with Gasteiger partial charge in [-0.3, -0.25) is 5.32 Å². The van der Waals surface area contributed by atoms with Crippen LogP contribution in [0.2, 0.25) is 0 Å². The van der Waals surface area contributed by atoms with Crippen molar-refractivity contribution in [2.45, 2.75) is 63.5 Å². The summed E-state index contributed by atoms with van der Waals surface area (Å²) in [5.41, 5.74) is 0. The third-order valence-corrected chi connectivity index (χ3v) is 6.43. The molecule has 0 aromatic carbocycles. The first-order chi connectivity index (χ1) is 11.8. The van der Waals surface area contributed by atoms with Crippen molar-refractivity contribution in [2.24, 2.45) is 17.8 Å². The molecule has 2 bridgehead atoms. The Kier molecular flexibility index (Phi) is 4.48. The molecule has 3 N–H and O–H groups in total. The number of aliphatic hydroxyl groups is 1. The average Bonchev–Trinajstić information content (AvgIpc) is 3.31. The predicted molar refractivity (Wildman–Crippen MR) is 91.7 cm³/mol. The highest BCUT2D eigenvalue weighted by Gasteiger charge is 2.47. The maximum absolute atomic E-state index is 12.5. The first-order valence-electron chi connectivity index (χ1n) is 9.48. The number of aliphatic hydroxyl groups excluding tert-OH is 1. The van der Waals surface area contributed by atoms with E-state index in [0.717, 1.165) is 25.1 Å². The minimum Gasteiger partial charge on any atom is -0.396 e.